The molecule has 0 bridgehead atoms. The second-order valence-corrected chi connectivity index (χ2v) is 4.04. The predicted octanol–water partition coefficient (Wildman–Crippen LogP) is 2.15. The molecule has 3 aromatic heterocycles. The van der Waals surface area contributed by atoms with Crippen molar-refractivity contribution in [1.82, 2.24) is 24.6 Å². The van der Waals surface area contributed by atoms with Crippen LogP contribution in [0.3, 0.4) is 0 Å². The zero-order valence-electron chi connectivity index (χ0n) is 9.00. The molecule has 3 heterocycles. The highest BCUT2D eigenvalue weighted by Crippen LogP contribution is 2.18. The topological polar surface area (TPSA) is 56.0 Å². The van der Waals surface area contributed by atoms with Crippen molar-refractivity contribution in [1.29, 1.82) is 0 Å². The maximum Gasteiger partial charge on any atom is 0.171 e. The average molecular weight is 246 g/mol. The van der Waals surface area contributed by atoms with Crippen molar-refractivity contribution >= 4 is 17.2 Å². The van der Waals surface area contributed by atoms with Gasteiger partial charge in [0.05, 0.1) is 0 Å². The summed E-state index contributed by atoms with van der Waals surface area (Å²) in [5.41, 5.74) is 2.52. The van der Waals surface area contributed by atoms with Crippen molar-refractivity contribution in [2.45, 2.75) is 6.92 Å². The van der Waals surface area contributed by atoms with Crippen LogP contribution < -0.4 is 0 Å². The van der Waals surface area contributed by atoms with Gasteiger partial charge in [0.25, 0.3) is 0 Å². The first-order valence-corrected chi connectivity index (χ1v) is 5.41. The Hall–Kier alpha value is -2.01. The summed E-state index contributed by atoms with van der Waals surface area (Å²) < 4.78 is 1.78. The number of pyridine rings is 1. The largest absolute Gasteiger partial charge is 0.265 e. The molecule has 84 valence electrons. The minimum Gasteiger partial charge on any atom is -0.265 e. The molecule has 0 aliphatic heterocycles. The van der Waals surface area contributed by atoms with Gasteiger partial charge in [-0.25, -0.2) is 4.98 Å². The Bertz CT molecular complexity index is 674. The van der Waals surface area contributed by atoms with E-state index >= 15 is 0 Å². The number of aromatic nitrogens is 5. The molecule has 0 unspecified atom stereocenters. The highest BCUT2D eigenvalue weighted by Gasteiger charge is 2.08. The molecule has 3 aromatic rings. The number of fused-ring (bicyclic) bond motifs is 1. The van der Waals surface area contributed by atoms with Gasteiger partial charge < -0.3 is 0 Å². The second kappa shape index (κ2) is 3.78. The normalized spacial score (nSPS) is 10.9. The Morgan fingerprint density at radius 3 is 2.82 bits per heavy atom. The molecule has 0 atom stereocenters. The quantitative estimate of drug-likeness (QED) is 0.617. The van der Waals surface area contributed by atoms with Crippen LogP contribution in [0.2, 0.25) is 5.15 Å². The van der Waals surface area contributed by atoms with Gasteiger partial charge in [0.2, 0.25) is 0 Å². The molecule has 0 saturated heterocycles. The Morgan fingerprint density at radius 1 is 1.18 bits per heavy atom. The molecule has 6 heteroatoms. The highest BCUT2D eigenvalue weighted by atomic mass is 35.5. The van der Waals surface area contributed by atoms with Crippen molar-refractivity contribution in [3.05, 3.63) is 41.6 Å². The van der Waals surface area contributed by atoms with Crippen LogP contribution in [0.1, 0.15) is 5.69 Å². The van der Waals surface area contributed by atoms with Crippen molar-refractivity contribution < 1.29 is 0 Å². The Balaban J connectivity index is 2.21. The van der Waals surface area contributed by atoms with Crippen LogP contribution in [-0.2, 0) is 0 Å². The lowest BCUT2D eigenvalue weighted by atomic mass is 10.2. The van der Waals surface area contributed by atoms with Gasteiger partial charge in [-0.3, -0.25) is 9.38 Å². The molecule has 0 fully saturated rings. The maximum absolute atomic E-state index is 5.79. The summed E-state index contributed by atoms with van der Waals surface area (Å²) in [5, 5.41) is 8.55. The molecule has 0 saturated carbocycles. The third-order valence-electron chi connectivity index (χ3n) is 2.44. The zero-order chi connectivity index (χ0) is 11.8. The van der Waals surface area contributed by atoms with Crippen LogP contribution in [0.4, 0.5) is 0 Å². The monoisotopic (exact) mass is 245 g/mol. The van der Waals surface area contributed by atoms with E-state index in [1.165, 1.54) is 0 Å². The van der Waals surface area contributed by atoms with Crippen LogP contribution in [0.25, 0.3) is 17.0 Å². The van der Waals surface area contributed by atoms with Crippen LogP contribution >= 0.6 is 11.6 Å². The minimum absolute atomic E-state index is 0.401. The zero-order valence-corrected chi connectivity index (χ0v) is 9.76. The third-order valence-corrected chi connectivity index (χ3v) is 2.64. The van der Waals surface area contributed by atoms with E-state index in [0.29, 0.717) is 16.6 Å². The van der Waals surface area contributed by atoms with Crippen LogP contribution in [0, 0.1) is 6.92 Å². The number of nitrogens with zero attached hydrogens (tertiary/aromatic N) is 5. The molecule has 5 nitrogen and oxygen atoms in total. The fraction of sp³-hybridized carbons (Fsp3) is 0.0909. The average Bonchev–Trinajstić information content (AvgIpc) is 2.73. The number of halogens is 1. The first-order valence-electron chi connectivity index (χ1n) is 5.03. The van der Waals surface area contributed by atoms with Gasteiger partial charge in [0.1, 0.15) is 11.5 Å². The highest BCUT2D eigenvalue weighted by molar-refractivity contribution is 6.29. The van der Waals surface area contributed by atoms with Crippen molar-refractivity contribution in [2.24, 2.45) is 0 Å². The molecule has 0 aliphatic rings. The van der Waals surface area contributed by atoms with E-state index < -0.39 is 0 Å². The molecule has 0 amide bonds. The van der Waals surface area contributed by atoms with E-state index in [1.807, 2.05) is 19.1 Å². The van der Waals surface area contributed by atoms with Crippen LogP contribution in [0.5, 0.6) is 0 Å². The van der Waals surface area contributed by atoms with Gasteiger partial charge >= 0.3 is 0 Å². The lowest BCUT2D eigenvalue weighted by molar-refractivity contribution is 1.07. The predicted molar refractivity (Wildman–Crippen MR) is 63.8 cm³/mol. The molecule has 0 aliphatic carbocycles. The third kappa shape index (κ3) is 1.74. The molecular formula is C11H8ClN5. The van der Waals surface area contributed by atoms with Gasteiger partial charge in [-0.15, -0.1) is 10.2 Å². The van der Waals surface area contributed by atoms with Crippen LogP contribution in [0.15, 0.2) is 30.7 Å². The Labute approximate surface area is 102 Å². The van der Waals surface area contributed by atoms with E-state index in [1.54, 1.807) is 23.0 Å². The summed E-state index contributed by atoms with van der Waals surface area (Å²) >= 11 is 5.79. The molecule has 0 N–H and O–H groups in total. The molecule has 0 spiro atoms. The first kappa shape index (κ1) is 10.2. The summed E-state index contributed by atoms with van der Waals surface area (Å²) in [4.78, 5) is 8.24. The molecular weight excluding hydrogens is 238 g/mol. The van der Waals surface area contributed by atoms with Gasteiger partial charge in [0, 0.05) is 23.5 Å². The summed E-state index contributed by atoms with van der Waals surface area (Å²) in [6.07, 6.45) is 3.37. The Morgan fingerprint density at radius 2 is 2.06 bits per heavy atom. The van der Waals surface area contributed by atoms with E-state index in [0.717, 1.165) is 11.3 Å². The smallest absolute Gasteiger partial charge is 0.171 e. The fourth-order valence-electron chi connectivity index (χ4n) is 1.57. The summed E-state index contributed by atoms with van der Waals surface area (Å²) in [7, 11) is 0. The van der Waals surface area contributed by atoms with Crippen molar-refractivity contribution in [3.63, 3.8) is 0 Å². The molecule has 17 heavy (non-hydrogen) atoms. The van der Waals surface area contributed by atoms with Crippen LogP contribution in [-0.4, -0.2) is 24.6 Å². The van der Waals surface area contributed by atoms with Gasteiger partial charge in [-0.05, 0) is 19.1 Å². The molecule has 3 rings (SSSR count). The van der Waals surface area contributed by atoms with E-state index in [2.05, 4.69) is 20.2 Å². The van der Waals surface area contributed by atoms with Gasteiger partial charge in [-0.1, -0.05) is 11.6 Å². The fourth-order valence-corrected chi connectivity index (χ4v) is 1.71. The summed E-state index contributed by atoms with van der Waals surface area (Å²) in [6.45, 7) is 1.94. The SMILES string of the molecule is Cc1ccc(-c2nnc3cc(Cl)ncn23)cn1. The van der Waals surface area contributed by atoms with E-state index in [9.17, 15) is 0 Å². The number of rotatable bonds is 1. The van der Waals surface area contributed by atoms with Crippen molar-refractivity contribution in [3.8, 4) is 11.4 Å². The van der Waals surface area contributed by atoms with Gasteiger partial charge in [0.15, 0.2) is 11.5 Å². The summed E-state index contributed by atoms with van der Waals surface area (Å²) in [5.74, 6) is 0.705. The minimum atomic E-state index is 0.401. The summed E-state index contributed by atoms with van der Waals surface area (Å²) in [6, 6.07) is 5.55. The Kier molecular flexibility index (Phi) is 2.26. The maximum atomic E-state index is 5.79. The second-order valence-electron chi connectivity index (χ2n) is 3.65. The first-order chi connectivity index (χ1) is 8.24. The molecule has 0 aromatic carbocycles. The lowest BCUT2D eigenvalue weighted by Crippen LogP contribution is -1.92. The number of hydrogen-bond acceptors (Lipinski definition) is 4. The number of aryl methyl sites for hydroxylation is 1. The van der Waals surface area contributed by atoms with E-state index in [4.69, 9.17) is 11.6 Å². The van der Waals surface area contributed by atoms with Crippen molar-refractivity contribution in [2.75, 3.05) is 0 Å². The standard InChI is InChI=1S/C11H8ClN5/c1-7-2-3-8(5-13-7)11-16-15-10-4-9(12)14-6-17(10)11/h2-6H,1H3. The molecule has 0 radical (unpaired) electrons. The number of hydrogen-bond donors (Lipinski definition) is 0. The van der Waals surface area contributed by atoms with Gasteiger partial charge in [-0.2, -0.15) is 0 Å². The van der Waals surface area contributed by atoms with E-state index in [-0.39, 0.29) is 0 Å². The lowest BCUT2D eigenvalue weighted by Gasteiger charge is -1.99.